The Morgan fingerprint density at radius 3 is 2.20 bits per heavy atom. The Balaban J connectivity index is 2.95. The highest BCUT2D eigenvalue weighted by molar-refractivity contribution is 7.92. The van der Waals surface area contributed by atoms with Gasteiger partial charge in [0, 0.05) is 6.26 Å². The van der Waals surface area contributed by atoms with Gasteiger partial charge in [0.1, 0.15) is 11.9 Å². The summed E-state index contributed by atoms with van der Waals surface area (Å²) in [6, 6.07) is 4.84. The van der Waals surface area contributed by atoms with E-state index in [0.717, 1.165) is 18.4 Å². The predicted octanol–water partition coefficient (Wildman–Crippen LogP) is 1.47. The molecule has 1 aromatic carbocycles. The van der Waals surface area contributed by atoms with E-state index in [1.54, 1.807) is 0 Å². The van der Waals surface area contributed by atoms with Crippen LogP contribution in [0.5, 0.6) is 0 Å². The van der Waals surface area contributed by atoms with Gasteiger partial charge in [-0.15, -0.1) is 11.6 Å². The van der Waals surface area contributed by atoms with Crippen molar-refractivity contribution >= 4 is 21.4 Å². The van der Waals surface area contributed by atoms with Crippen LogP contribution in [-0.2, 0) is 9.84 Å². The third kappa shape index (κ3) is 3.15. The highest BCUT2D eigenvalue weighted by Crippen LogP contribution is 2.24. The molecule has 15 heavy (non-hydrogen) atoms. The summed E-state index contributed by atoms with van der Waals surface area (Å²) in [4.78, 5) is 0. The van der Waals surface area contributed by atoms with Crippen LogP contribution in [0.1, 0.15) is 11.7 Å². The smallest absolute Gasteiger partial charge is 0.167 e. The number of benzene rings is 1. The Hall–Kier alpha value is -0.650. The van der Waals surface area contributed by atoms with Crippen LogP contribution in [0.2, 0.25) is 0 Å². The van der Waals surface area contributed by atoms with E-state index in [1.807, 2.05) is 0 Å². The van der Waals surface area contributed by atoms with Gasteiger partial charge >= 0.3 is 0 Å². The van der Waals surface area contributed by atoms with E-state index in [0.29, 0.717) is 0 Å². The summed E-state index contributed by atoms with van der Waals surface area (Å²) < 4.78 is 33.2. The van der Waals surface area contributed by atoms with Crippen LogP contribution in [0.3, 0.4) is 0 Å². The Morgan fingerprint density at radius 2 is 1.80 bits per heavy atom. The number of aliphatic hydroxyl groups is 1. The van der Waals surface area contributed by atoms with Gasteiger partial charge in [-0.3, -0.25) is 0 Å². The van der Waals surface area contributed by atoms with Crippen LogP contribution in [0.4, 0.5) is 4.39 Å². The second-order valence-corrected chi connectivity index (χ2v) is 6.07. The maximum absolute atomic E-state index is 12.6. The lowest BCUT2D eigenvalue weighted by Crippen LogP contribution is -2.21. The molecular formula is C9H10ClFO3S. The van der Waals surface area contributed by atoms with Crippen LogP contribution in [-0.4, -0.2) is 24.5 Å². The second kappa shape index (κ2) is 4.47. The van der Waals surface area contributed by atoms with Crippen molar-refractivity contribution in [2.24, 2.45) is 0 Å². The third-order valence-electron chi connectivity index (χ3n) is 1.87. The summed E-state index contributed by atoms with van der Waals surface area (Å²) in [6.07, 6.45) is -0.431. The largest absolute Gasteiger partial charge is 0.386 e. The Bertz CT molecular complexity index is 429. The molecule has 0 aliphatic rings. The minimum Gasteiger partial charge on any atom is -0.386 e. The van der Waals surface area contributed by atoms with Gasteiger partial charge in [0.2, 0.25) is 0 Å². The second-order valence-electron chi connectivity index (χ2n) is 3.18. The van der Waals surface area contributed by atoms with E-state index in [1.165, 1.54) is 12.1 Å². The van der Waals surface area contributed by atoms with Gasteiger partial charge in [0.25, 0.3) is 0 Å². The van der Waals surface area contributed by atoms with Crippen molar-refractivity contribution in [1.82, 2.24) is 0 Å². The molecule has 0 saturated carbocycles. The lowest BCUT2D eigenvalue weighted by Gasteiger charge is -2.15. The van der Waals surface area contributed by atoms with Crippen LogP contribution >= 0.6 is 11.6 Å². The molecule has 0 heterocycles. The first-order valence-electron chi connectivity index (χ1n) is 4.09. The molecule has 0 aliphatic heterocycles. The Labute approximate surface area is 92.4 Å². The van der Waals surface area contributed by atoms with Crippen LogP contribution in [0, 0.1) is 5.82 Å². The number of halogens is 2. The minimum absolute atomic E-state index is 0.266. The molecule has 3 nitrogen and oxygen atoms in total. The molecular weight excluding hydrogens is 243 g/mol. The molecule has 1 aromatic rings. The number of hydrogen-bond donors (Lipinski definition) is 1. The third-order valence-corrected chi connectivity index (χ3v) is 4.15. The molecule has 0 radical (unpaired) electrons. The van der Waals surface area contributed by atoms with E-state index in [9.17, 15) is 17.9 Å². The van der Waals surface area contributed by atoms with Crippen LogP contribution < -0.4 is 0 Å². The molecule has 0 aliphatic carbocycles. The molecule has 2 atom stereocenters. The van der Waals surface area contributed by atoms with Crippen LogP contribution in [0.15, 0.2) is 24.3 Å². The van der Waals surface area contributed by atoms with Crippen LogP contribution in [0.25, 0.3) is 0 Å². The highest BCUT2D eigenvalue weighted by atomic mass is 35.5. The molecule has 0 saturated heterocycles. The van der Waals surface area contributed by atoms with Crippen molar-refractivity contribution in [3.63, 3.8) is 0 Å². The molecule has 1 N–H and O–H groups in total. The van der Waals surface area contributed by atoms with Crippen molar-refractivity contribution in [1.29, 1.82) is 0 Å². The van der Waals surface area contributed by atoms with Gasteiger partial charge in [-0.1, -0.05) is 12.1 Å². The van der Waals surface area contributed by atoms with Gasteiger partial charge in [-0.25, -0.2) is 12.8 Å². The van der Waals surface area contributed by atoms with Gasteiger partial charge in [0.15, 0.2) is 14.5 Å². The number of alkyl halides is 1. The van der Waals surface area contributed by atoms with E-state index in [4.69, 9.17) is 11.6 Å². The topological polar surface area (TPSA) is 54.4 Å². The van der Waals surface area contributed by atoms with Gasteiger partial charge in [-0.2, -0.15) is 0 Å². The lowest BCUT2D eigenvalue weighted by atomic mass is 10.1. The monoisotopic (exact) mass is 252 g/mol. The fraction of sp³-hybridized carbons (Fsp3) is 0.333. The molecule has 1 rings (SSSR count). The SMILES string of the molecule is CS(=O)(=O)[C@H](Cl)[C@H](O)c1ccc(F)cc1. The Morgan fingerprint density at radius 1 is 1.33 bits per heavy atom. The number of hydrogen-bond acceptors (Lipinski definition) is 3. The van der Waals surface area contributed by atoms with Crippen molar-refractivity contribution in [3.8, 4) is 0 Å². The number of aliphatic hydroxyl groups excluding tert-OH is 1. The Kier molecular flexibility index (Phi) is 3.70. The first kappa shape index (κ1) is 12.4. The van der Waals surface area contributed by atoms with Crippen molar-refractivity contribution in [2.75, 3.05) is 6.26 Å². The quantitative estimate of drug-likeness (QED) is 0.829. The number of rotatable bonds is 3. The summed E-state index contributed by atoms with van der Waals surface area (Å²) >= 11 is 5.55. The summed E-state index contributed by atoms with van der Waals surface area (Å²) in [5.41, 5.74) is 0.266. The normalized spacial score (nSPS) is 16.0. The van der Waals surface area contributed by atoms with Gasteiger partial charge in [-0.05, 0) is 17.7 Å². The van der Waals surface area contributed by atoms with Gasteiger partial charge < -0.3 is 5.11 Å². The standard InChI is InChI=1S/C9H10ClFO3S/c1-15(13,14)9(10)8(12)6-2-4-7(11)5-3-6/h2-5,8-9,12H,1H3/t8-,9+/m1/s1. The molecule has 0 fully saturated rings. The molecule has 0 bridgehead atoms. The summed E-state index contributed by atoms with van der Waals surface area (Å²) in [5, 5.41) is 9.58. The van der Waals surface area contributed by atoms with E-state index in [-0.39, 0.29) is 5.56 Å². The molecule has 84 valence electrons. The van der Waals surface area contributed by atoms with Gasteiger partial charge in [0.05, 0.1) is 0 Å². The van der Waals surface area contributed by atoms with E-state index in [2.05, 4.69) is 0 Å². The molecule has 6 heteroatoms. The summed E-state index contributed by atoms with van der Waals surface area (Å²) in [6.45, 7) is 0. The summed E-state index contributed by atoms with van der Waals surface area (Å²) in [7, 11) is -3.54. The molecule has 0 aromatic heterocycles. The predicted molar refractivity (Wildman–Crippen MR) is 55.8 cm³/mol. The zero-order valence-corrected chi connectivity index (χ0v) is 9.46. The zero-order valence-electron chi connectivity index (χ0n) is 7.89. The van der Waals surface area contributed by atoms with Crippen molar-refractivity contribution < 1.29 is 17.9 Å². The fourth-order valence-corrected chi connectivity index (χ4v) is 1.82. The first-order chi connectivity index (χ1) is 6.82. The average molecular weight is 253 g/mol. The molecule has 0 amide bonds. The minimum atomic E-state index is -3.54. The molecule has 0 spiro atoms. The fourth-order valence-electron chi connectivity index (χ4n) is 1.05. The van der Waals surface area contributed by atoms with Crippen molar-refractivity contribution in [2.45, 2.75) is 10.8 Å². The first-order valence-corrected chi connectivity index (χ1v) is 6.48. The number of sulfone groups is 1. The van der Waals surface area contributed by atoms with Crippen molar-refractivity contribution in [3.05, 3.63) is 35.6 Å². The zero-order chi connectivity index (χ0) is 11.6. The van der Waals surface area contributed by atoms with E-state index < -0.39 is 26.5 Å². The molecule has 0 unspecified atom stereocenters. The summed E-state index contributed by atoms with van der Waals surface area (Å²) in [5.74, 6) is -0.462. The lowest BCUT2D eigenvalue weighted by molar-refractivity contribution is 0.192. The maximum Gasteiger partial charge on any atom is 0.167 e. The average Bonchev–Trinajstić information content (AvgIpc) is 2.15. The maximum atomic E-state index is 12.6. The van der Waals surface area contributed by atoms with E-state index >= 15 is 0 Å². The highest BCUT2D eigenvalue weighted by Gasteiger charge is 2.27.